The first-order valence-electron chi connectivity index (χ1n) is 9.83. The zero-order valence-electron chi connectivity index (χ0n) is 15.3. The molecule has 3 heteroatoms. The normalized spacial score (nSPS) is 53.6. The molecule has 0 saturated heterocycles. The van der Waals surface area contributed by atoms with Gasteiger partial charge in [-0.05, 0) is 80.5 Å². The molecule has 4 rings (SSSR count). The minimum atomic E-state index is -0.329. The third-order valence-corrected chi connectivity index (χ3v) is 8.55. The van der Waals surface area contributed by atoms with Gasteiger partial charge in [0.2, 0.25) is 0 Å². The van der Waals surface area contributed by atoms with E-state index in [-0.39, 0.29) is 40.7 Å². The van der Waals surface area contributed by atoms with E-state index < -0.39 is 0 Å². The van der Waals surface area contributed by atoms with Gasteiger partial charge in [-0.1, -0.05) is 25.5 Å². The van der Waals surface area contributed by atoms with Crippen LogP contribution in [0, 0.1) is 34.5 Å². The monoisotopic (exact) mass is 332 g/mol. The van der Waals surface area contributed by atoms with E-state index in [0.717, 1.165) is 38.5 Å². The minimum Gasteiger partial charge on any atom is -0.393 e. The molecular formula is C21H32O3. The molecule has 0 spiro atoms. The maximum Gasteiger partial charge on any atom is 0.133 e. The minimum absolute atomic E-state index is 0.0255. The molecule has 0 amide bonds. The second-order valence-corrected chi connectivity index (χ2v) is 9.59. The average Bonchev–Trinajstić information content (AvgIpc) is 2.80. The number of Topliss-reactive ketones (excluding diaryl/α,β-unsaturated/α-hetero) is 1. The summed E-state index contributed by atoms with van der Waals surface area (Å²) in [5.41, 5.74) is 1.63. The number of hydrogen-bond acceptors (Lipinski definition) is 3. The van der Waals surface area contributed by atoms with Crippen molar-refractivity contribution in [1.82, 2.24) is 0 Å². The molecule has 4 aliphatic rings. The molecule has 4 aliphatic carbocycles. The van der Waals surface area contributed by atoms with Crippen molar-refractivity contribution in [2.24, 2.45) is 34.5 Å². The van der Waals surface area contributed by atoms with E-state index in [0.29, 0.717) is 18.3 Å². The van der Waals surface area contributed by atoms with E-state index >= 15 is 0 Å². The van der Waals surface area contributed by atoms with Gasteiger partial charge in [-0.15, -0.1) is 0 Å². The summed E-state index contributed by atoms with van der Waals surface area (Å²) in [4.78, 5) is 12.2. The standard InChI is InChI=1S/C21H32O3/c1-12(22)17-11-18(24)19-15-5-4-13-10-14(23)6-8-20(13,2)16(15)7-9-21(17,19)3/h4,14-19,23-24H,5-11H2,1-3H3/t14-,15+,16-,17+,18-,19+,20-,21+/m0/s1. The number of aliphatic hydroxyl groups excluding tert-OH is 2. The summed E-state index contributed by atoms with van der Waals surface area (Å²) in [6, 6.07) is 0. The average molecular weight is 332 g/mol. The van der Waals surface area contributed by atoms with Crippen molar-refractivity contribution in [1.29, 1.82) is 0 Å². The lowest BCUT2D eigenvalue weighted by atomic mass is 9.47. The van der Waals surface area contributed by atoms with Crippen LogP contribution in [0.3, 0.4) is 0 Å². The summed E-state index contributed by atoms with van der Waals surface area (Å²) in [5.74, 6) is 1.64. The molecule has 0 aliphatic heterocycles. The van der Waals surface area contributed by atoms with Crippen molar-refractivity contribution >= 4 is 5.78 Å². The molecule has 0 bridgehead atoms. The van der Waals surface area contributed by atoms with E-state index in [2.05, 4.69) is 19.9 Å². The molecule has 0 aromatic rings. The Morgan fingerprint density at radius 1 is 1.21 bits per heavy atom. The molecule has 3 saturated carbocycles. The first kappa shape index (κ1) is 16.8. The van der Waals surface area contributed by atoms with Gasteiger partial charge in [-0.25, -0.2) is 0 Å². The molecule has 24 heavy (non-hydrogen) atoms. The van der Waals surface area contributed by atoms with Crippen LogP contribution >= 0.6 is 0 Å². The van der Waals surface area contributed by atoms with Crippen molar-refractivity contribution in [2.45, 2.75) is 77.9 Å². The zero-order valence-corrected chi connectivity index (χ0v) is 15.3. The lowest BCUT2D eigenvalue weighted by molar-refractivity contribution is -0.128. The molecule has 0 radical (unpaired) electrons. The molecule has 134 valence electrons. The Labute approximate surface area is 145 Å². The Bertz CT molecular complexity index is 582. The highest BCUT2D eigenvalue weighted by Gasteiger charge is 2.62. The molecule has 0 heterocycles. The van der Waals surface area contributed by atoms with E-state index in [1.54, 1.807) is 6.92 Å². The van der Waals surface area contributed by atoms with Crippen LogP contribution in [0.2, 0.25) is 0 Å². The van der Waals surface area contributed by atoms with Gasteiger partial charge in [0, 0.05) is 5.92 Å². The quantitative estimate of drug-likeness (QED) is 0.723. The van der Waals surface area contributed by atoms with Gasteiger partial charge in [-0.3, -0.25) is 4.79 Å². The van der Waals surface area contributed by atoms with Crippen LogP contribution in [0.4, 0.5) is 0 Å². The van der Waals surface area contributed by atoms with Crippen LogP contribution < -0.4 is 0 Å². The summed E-state index contributed by atoms with van der Waals surface area (Å²) >= 11 is 0. The van der Waals surface area contributed by atoms with Crippen LogP contribution in [-0.4, -0.2) is 28.2 Å². The number of allylic oxidation sites excluding steroid dienone is 1. The van der Waals surface area contributed by atoms with Crippen molar-refractivity contribution < 1.29 is 15.0 Å². The van der Waals surface area contributed by atoms with Crippen LogP contribution in [0.5, 0.6) is 0 Å². The van der Waals surface area contributed by atoms with Gasteiger partial charge >= 0.3 is 0 Å². The summed E-state index contributed by atoms with van der Waals surface area (Å²) < 4.78 is 0. The summed E-state index contributed by atoms with van der Waals surface area (Å²) in [6.07, 6.45) is 8.58. The number of carbonyl (C=O) groups is 1. The fraction of sp³-hybridized carbons (Fsp3) is 0.857. The number of hydrogen-bond donors (Lipinski definition) is 2. The smallest absolute Gasteiger partial charge is 0.133 e. The highest BCUT2D eigenvalue weighted by atomic mass is 16.3. The second kappa shape index (κ2) is 5.41. The number of rotatable bonds is 1. The van der Waals surface area contributed by atoms with E-state index in [1.165, 1.54) is 5.57 Å². The Kier molecular flexibility index (Phi) is 3.78. The first-order chi connectivity index (χ1) is 11.3. The zero-order chi connectivity index (χ0) is 17.3. The molecule has 0 aromatic heterocycles. The highest BCUT2D eigenvalue weighted by molar-refractivity contribution is 5.79. The third kappa shape index (κ3) is 2.13. The van der Waals surface area contributed by atoms with Crippen molar-refractivity contribution in [3.8, 4) is 0 Å². The maximum atomic E-state index is 12.2. The summed E-state index contributed by atoms with van der Waals surface area (Å²) in [7, 11) is 0. The molecule has 0 unspecified atom stereocenters. The highest BCUT2D eigenvalue weighted by Crippen LogP contribution is 2.66. The van der Waals surface area contributed by atoms with Crippen LogP contribution in [0.25, 0.3) is 0 Å². The lowest BCUT2D eigenvalue weighted by Crippen LogP contribution is -2.52. The topological polar surface area (TPSA) is 57.5 Å². The third-order valence-electron chi connectivity index (χ3n) is 8.55. The van der Waals surface area contributed by atoms with Gasteiger partial charge in [-0.2, -0.15) is 0 Å². The number of carbonyl (C=O) groups excluding carboxylic acids is 1. The number of fused-ring (bicyclic) bond motifs is 5. The largest absolute Gasteiger partial charge is 0.393 e. The Morgan fingerprint density at radius 2 is 1.96 bits per heavy atom. The van der Waals surface area contributed by atoms with Crippen molar-refractivity contribution in [2.75, 3.05) is 0 Å². The lowest BCUT2D eigenvalue weighted by Gasteiger charge is -2.58. The summed E-state index contributed by atoms with van der Waals surface area (Å²) in [5, 5.41) is 20.9. The first-order valence-corrected chi connectivity index (χ1v) is 9.83. The fourth-order valence-corrected chi connectivity index (χ4v) is 7.34. The predicted molar refractivity (Wildman–Crippen MR) is 93.3 cm³/mol. The van der Waals surface area contributed by atoms with Gasteiger partial charge in [0.25, 0.3) is 0 Å². The van der Waals surface area contributed by atoms with E-state index in [1.807, 2.05) is 0 Å². The Balaban J connectivity index is 1.70. The van der Waals surface area contributed by atoms with Gasteiger partial charge in [0.05, 0.1) is 12.2 Å². The second-order valence-electron chi connectivity index (χ2n) is 9.59. The molecular weight excluding hydrogens is 300 g/mol. The fourth-order valence-electron chi connectivity index (χ4n) is 7.34. The number of aliphatic hydroxyl groups is 2. The Morgan fingerprint density at radius 3 is 2.67 bits per heavy atom. The number of ketones is 1. The van der Waals surface area contributed by atoms with Crippen molar-refractivity contribution in [3.05, 3.63) is 11.6 Å². The SMILES string of the molecule is CC(=O)[C@H]1C[C@H](O)[C@H]2[C@@H]3CC=C4C[C@@H](O)CC[C@]4(C)[C@H]3CC[C@@]21C. The van der Waals surface area contributed by atoms with E-state index in [4.69, 9.17) is 0 Å². The summed E-state index contributed by atoms with van der Waals surface area (Å²) in [6.45, 7) is 6.37. The molecule has 2 N–H and O–H groups in total. The van der Waals surface area contributed by atoms with Crippen LogP contribution in [0.1, 0.15) is 65.7 Å². The predicted octanol–water partition coefficient (Wildman–Crippen LogP) is 3.49. The maximum absolute atomic E-state index is 12.2. The van der Waals surface area contributed by atoms with Gasteiger partial charge in [0.15, 0.2) is 0 Å². The van der Waals surface area contributed by atoms with Crippen LogP contribution in [-0.2, 0) is 4.79 Å². The van der Waals surface area contributed by atoms with Gasteiger partial charge in [0.1, 0.15) is 5.78 Å². The molecule has 0 aromatic carbocycles. The van der Waals surface area contributed by atoms with Gasteiger partial charge < -0.3 is 10.2 Å². The molecule has 3 fully saturated rings. The van der Waals surface area contributed by atoms with Crippen molar-refractivity contribution in [3.63, 3.8) is 0 Å². The molecule has 8 atom stereocenters. The Hall–Kier alpha value is -0.670. The van der Waals surface area contributed by atoms with Crippen LogP contribution in [0.15, 0.2) is 11.6 Å². The molecule has 3 nitrogen and oxygen atoms in total. The van der Waals surface area contributed by atoms with E-state index in [9.17, 15) is 15.0 Å².